The molecule has 0 amide bonds. The van der Waals surface area contributed by atoms with Crippen LogP contribution in [0.25, 0.3) is 0 Å². The van der Waals surface area contributed by atoms with Gasteiger partial charge in [-0.05, 0) is 6.08 Å². The molecule has 0 saturated heterocycles. The van der Waals surface area contributed by atoms with Crippen molar-refractivity contribution in [1.29, 1.82) is 0 Å². The number of likely N-dealkylation sites (N-methyl/N-ethyl adjacent to an activating group) is 1. The van der Waals surface area contributed by atoms with Gasteiger partial charge in [-0.25, -0.2) is 0 Å². The standard InChI is InChI=1S/C7H11NO.C2H6/c1-4-5-7(8-3)6(2)9;1-2/h4-5,8H,1H2,2-3H3;1-2H3/b7-5-;. The molecule has 2 heteroatoms. The molecule has 0 aromatic rings. The van der Waals surface area contributed by atoms with Crippen LogP contribution < -0.4 is 5.32 Å². The van der Waals surface area contributed by atoms with Gasteiger partial charge in [0.1, 0.15) is 0 Å². The van der Waals surface area contributed by atoms with Gasteiger partial charge in [0.15, 0.2) is 5.78 Å². The number of allylic oxidation sites excluding steroid dienone is 3. The fourth-order valence-corrected chi connectivity index (χ4v) is 0.495. The van der Waals surface area contributed by atoms with E-state index in [4.69, 9.17) is 0 Å². The first-order valence-corrected chi connectivity index (χ1v) is 3.73. The lowest BCUT2D eigenvalue weighted by atomic mass is 10.3. The minimum absolute atomic E-state index is 0.0254. The number of nitrogens with one attached hydrogen (secondary N) is 1. The zero-order valence-electron chi connectivity index (χ0n) is 7.77. The normalized spacial score (nSPS) is 9.27. The van der Waals surface area contributed by atoms with Crippen molar-refractivity contribution in [3.8, 4) is 0 Å². The monoisotopic (exact) mass is 155 g/mol. The van der Waals surface area contributed by atoms with Gasteiger partial charge in [0.25, 0.3) is 0 Å². The van der Waals surface area contributed by atoms with Crippen molar-refractivity contribution < 1.29 is 4.79 Å². The van der Waals surface area contributed by atoms with Gasteiger partial charge < -0.3 is 5.32 Å². The van der Waals surface area contributed by atoms with E-state index in [2.05, 4.69) is 11.9 Å². The molecule has 11 heavy (non-hydrogen) atoms. The van der Waals surface area contributed by atoms with Gasteiger partial charge in [0, 0.05) is 14.0 Å². The molecule has 2 nitrogen and oxygen atoms in total. The molecule has 0 rings (SSSR count). The van der Waals surface area contributed by atoms with Gasteiger partial charge in [0.05, 0.1) is 5.70 Å². The van der Waals surface area contributed by atoms with E-state index in [0.717, 1.165) is 0 Å². The predicted octanol–water partition coefficient (Wildman–Crippen LogP) is 1.89. The van der Waals surface area contributed by atoms with Crippen molar-refractivity contribution in [3.05, 3.63) is 24.4 Å². The van der Waals surface area contributed by atoms with Crippen LogP contribution in [0.15, 0.2) is 24.4 Å². The molecule has 0 fully saturated rings. The third-order valence-electron chi connectivity index (χ3n) is 0.933. The summed E-state index contributed by atoms with van der Waals surface area (Å²) in [6.07, 6.45) is 3.22. The summed E-state index contributed by atoms with van der Waals surface area (Å²) in [7, 11) is 1.71. The van der Waals surface area contributed by atoms with Gasteiger partial charge in [-0.15, -0.1) is 0 Å². The van der Waals surface area contributed by atoms with E-state index in [1.807, 2.05) is 13.8 Å². The Bertz CT molecular complexity index is 148. The molecule has 0 aromatic heterocycles. The third-order valence-corrected chi connectivity index (χ3v) is 0.933. The Morgan fingerprint density at radius 2 is 1.91 bits per heavy atom. The lowest BCUT2D eigenvalue weighted by molar-refractivity contribution is -0.113. The number of ketones is 1. The Morgan fingerprint density at radius 1 is 1.45 bits per heavy atom. The molecule has 0 heterocycles. The van der Waals surface area contributed by atoms with Crippen molar-refractivity contribution in [2.24, 2.45) is 0 Å². The lowest BCUT2D eigenvalue weighted by Gasteiger charge is -1.97. The maximum absolute atomic E-state index is 10.6. The summed E-state index contributed by atoms with van der Waals surface area (Å²) in [4.78, 5) is 10.6. The summed E-state index contributed by atoms with van der Waals surface area (Å²) in [5.41, 5.74) is 0.588. The smallest absolute Gasteiger partial charge is 0.175 e. The van der Waals surface area contributed by atoms with E-state index >= 15 is 0 Å². The van der Waals surface area contributed by atoms with Crippen LogP contribution in [0.4, 0.5) is 0 Å². The highest BCUT2D eigenvalue weighted by atomic mass is 16.1. The van der Waals surface area contributed by atoms with Gasteiger partial charge >= 0.3 is 0 Å². The molecule has 0 unspecified atom stereocenters. The Morgan fingerprint density at radius 3 is 2.00 bits per heavy atom. The van der Waals surface area contributed by atoms with Gasteiger partial charge in [0.2, 0.25) is 0 Å². The molecule has 0 aliphatic rings. The van der Waals surface area contributed by atoms with Crippen LogP contribution in [0.1, 0.15) is 20.8 Å². The maximum Gasteiger partial charge on any atom is 0.175 e. The molecule has 0 aromatic carbocycles. The average Bonchev–Trinajstić information content (AvgIpc) is 2.03. The summed E-state index contributed by atoms with van der Waals surface area (Å²) in [6, 6.07) is 0. The lowest BCUT2D eigenvalue weighted by Crippen LogP contribution is -2.12. The first-order chi connectivity index (χ1) is 5.22. The Labute approximate surface area is 69.0 Å². The van der Waals surface area contributed by atoms with E-state index in [-0.39, 0.29) is 5.78 Å². The minimum Gasteiger partial charge on any atom is -0.385 e. The second kappa shape index (κ2) is 8.95. The molecule has 0 atom stereocenters. The first kappa shape index (κ1) is 12.6. The first-order valence-electron chi connectivity index (χ1n) is 3.73. The number of rotatable bonds is 3. The van der Waals surface area contributed by atoms with E-state index in [1.54, 1.807) is 19.2 Å². The van der Waals surface area contributed by atoms with Crippen molar-refractivity contribution in [1.82, 2.24) is 5.32 Å². The van der Waals surface area contributed by atoms with Gasteiger partial charge in [-0.1, -0.05) is 26.5 Å². The molecule has 1 N–H and O–H groups in total. The van der Waals surface area contributed by atoms with Crippen LogP contribution in [-0.4, -0.2) is 12.8 Å². The highest BCUT2D eigenvalue weighted by Gasteiger charge is 1.95. The highest BCUT2D eigenvalue weighted by Crippen LogP contribution is 1.88. The Kier molecular flexibility index (Phi) is 10.3. The van der Waals surface area contributed by atoms with E-state index < -0.39 is 0 Å². The van der Waals surface area contributed by atoms with Crippen molar-refractivity contribution in [2.45, 2.75) is 20.8 Å². The summed E-state index contributed by atoms with van der Waals surface area (Å²) < 4.78 is 0. The molecular weight excluding hydrogens is 138 g/mol. The summed E-state index contributed by atoms with van der Waals surface area (Å²) in [6.45, 7) is 8.97. The highest BCUT2D eigenvalue weighted by molar-refractivity contribution is 5.92. The molecule has 0 radical (unpaired) electrons. The number of hydrogen-bond donors (Lipinski definition) is 1. The molecule has 0 aliphatic heterocycles. The van der Waals surface area contributed by atoms with Crippen molar-refractivity contribution in [2.75, 3.05) is 7.05 Å². The quantitative estimate of drug-likeness (QED) is 0.498. The van der Waals surface area contributed by atoms with Crippen molar-refractivity contribution >= 4 is 5.78 Å². The van der Waals surface area contributed by atoms with Crippen molar-refractivity contribution in [3.63, 3.8) is 0 Å². The number of Topliss-reactive ketones (excluding diaryl/α,β-unsaturated/α-hetero) is 1. The van der Waals surface area contributed by atoms with Crippen LogP contribution in [0, 0.1) is 0 Å². The zero-order valence-corrected chi connectivity index (χ0v) is 7.77. The minimum atomic E-state index is 0.0254. The number of carbonyl (C=O) groups is 1. The van der Waals surface area contributed by atoms with Crippen LogP contribution >= 0.6 is 0 Å². The average molecular weight is 155 g/mol. The fourth-order valence-electron chi connectivity index (χ4n) is 0.495. The maximum atomic E-state index is 10.6. The largest absolute Gasteiger partial charge is 0.385 e. The molecule has 0 bridgehead atoms. The van der Waals surface area contributed by atoms with Gasteiger partial charge in [-0.2, -0.15) is 0 Å². The van der Waals surface area contributed by atoms with E-state index in [1.165, 1.54) is 6.92 Å². The Hall–Kier alpha value is -1.05. The van der Waals surface area contributed by atoms with Crippen LogP contribution in [0.3, 0.4) is 0 Å². The molecule has 64 valence electrons. The number of carbonyl (C=O) groups excluding carboxylic acids is 1. The van der Waals surface area contributed by atoms with Crippen LogP contribution in [0.5, 0.6) is 0 Å². The molecular formula is C9H17NO. The molecule has 0 aliphatic carbocycles. The van der Waals surface area contributed by atoms with E-state index in [9.17, 15) is 4.79 Å². The summed E-state index contributed by atoms with van der Waals surface area (Å²) >= 11 is 0. The van der Waals surface area contributed by atoms with E-state index in [0.29, 0.717) is 5.70 Å². The SMILES string of the molecule is C=C/C=C(\NC)C(C)=O.CC. The third kappa shape index (κ3) is 6.84. The summed E-state index contributed by atoms with van der Waals surface area (Å²) in [5, 5.41) is 2.74. The predicted molar refractivity (Wildman–Crippen MR) is 49.4 cm³/mol. The topological polar surface area (TPSA) is 29.1 Å². The molecule has 0 saturated carbocycles. The zero-order chi connectivity index (χ0) is 9.28. The van der Waals surface area contributed by atoms with Crippen LogP contribution in [0.2, 0.25) is 0 Å². The molecule has 0 spiro atoms. The van der Waals surface area contributed by atoms with Gasteiger partial charge in [-0.3, -0.25) is 4.79 Å². The second-order valence-corrected chi connectivity index (χ2v) is 1.62. The Balaban J connectivity index is 0. The van der Waals surface area contributed by atoms with Crippen LogP contribution in [-0.2, 0) is 4.79 Å². The fraction of sp³-hybridized carbons (Fsp3) is 0.444. The second-order valence-electron chi connectivity index (χ2n) is 1.62. The number of hydrogen-bond acceptors (Lipinski definition) is 2. The summed E-state index contributed by atoms with van der Waals surface area (Å²) in [5.74, 6) is 0.0254.